The maximum atomic E-state index is 12.8. The highest BCUT2D eigenvalue weighted by atomic mass is 32.2. The van der Waals surface area contributed by atoms with Gasteiger partial charge in [-0.2, -0.15) is 0 Å². The molecule has 2 saturated heterocycles. The van der Waals surface area contributed by atoms with Crippen LogP contribution in [-0.4, -0.2) is 52.1 Å². The van der Waals surface area contributed by atoms with Crippen LogP contribution in [0.5, 0.6) is 5.75 Å². The summed E-state index contributed by atoms with van der Waals surface area (Å²) in [6.45, 7) is 4.12. The van der Waals surface area contributed by atoms with Crippen molar-refractivity contribution < 1.29 is 18.7 Å². The van der Waals surface area contributed by atoms with Gasteiger partial charge in [-0.25, -0.2) is 4.79 Å². The van der Waals surface area contributed by atoms with Crippen LogP contribution < -0.4 is 10.1 Å². The number of likely N-dealkylation sites (tertiary alicyclic amines) is 1. The number of hydrogen-bond acceptors (Lipinski definition) is 5. The van der Waals surface area contributed by atoms with E-state index in [4.69, 9.17) is 9.15 Å². The largest absolute Gasteiger partial charge is 0.492 e. The van der Waals surface area contributed by atoms with Gasteiger partial charge in [0.1, 0.15) is 11.5 Å². The summed E-state index contributed by atoms with van der Waals surface area (Å²) in [5, 5.41) is 2.96. The zero-order valence-corrected chi connectivity index (χ0v) is 17.2. The van der Waals surface area contributed by atoms with Crippen LogP contribution in [0.4, 0.5) is 10.5 Å². The number of nitrogens with one attached hydrogen (secondary N) is 1. The van der Waals surface area contributed by atoms with Gasteiger partial charge in [0.25, 0.3) is 0 Å². The molecule has 0 saturated carbocycles. The number of furan rings is 1. The van der Waals surface area contributed by atoms with Crippen LogP contribution in [-0.2, 0) is 11.3 Å². The number of carbonyl (C=O) groups excluding carboxylic acids is 2. The molecule has 1 aromatic heterocycles. The number of piperidine rings is 1. The standard InChI is InChI=1S/C21H25N3O4S/c1-2-27-18-8-4-3-7-17(18)22-20(26)23-11-9-21(10-12-23)24(19(25)15-29-21)14-16-6-5-13-28-16/h3-8,13H,2,9-12,14-15H2,1H3,(H,22,26). The molecule has 3 amide bonds. The van der Waals surface area contributed by atoms with Gasteiger partial charge in [-0.15, -0.1) is 11.8 Å². The molecular weight excluding hydrogens is 390 g/mol. The van der Waals surface area contributed by atoms with Gasteiger partial charge in [0.05, 0.1) is 35.7 Å². The Kier molecular flexibility index (Phi) is 5.71. The molecule has 2 aliphatic heterocycles. The molecule has 1 aromatic carbocycles. The molecular formula is C21H25N3O4S. The minimum atomic E-state index is -0.260. The molecule has 29 heavy (non-hydrogen) atoms. The molecule has 2 fully saturated rings. The summed E-state index contributed by atoms with van der Waals surface area (Å²) in [6.07, 6.45) is 3.11. The molecule has 0 atom stereocenters. The molecule has 0 radical (unpaired) electrons. The number of hydrogen-bond donors (Lipinski definition) is 1. The third kappa shape index (κ3) is 4.07. The fraction of sp³-hybridized carbons (Fsp3) is 0.429. The summed E-state index contributed by atoms with van der Waals surface area (Å²) in [5.41, 5.74) is 0.671. The summed E-state index contributed by atoms with van der Waals surface area (Å²) in [4.78, 5) is 28.7. The normalized spacial score (nSPS) is 18.3. The number of para-hydroxylation sites is 2. The molecule has 0 unspecified atom stereocenters. The van der Waals surface area contributed by atoms with Crippen LogP contribution >= 0.6 is 11.8 Å². The van der Waals surface area contributed by atoms with Crippen molar-refractivity contribution in [2.24, 2.45) is 0 Å². The number of urea groups is 1. The second-order valence-electron chi connectivity index (χ2n) is 7.14. The quantitative estimate of drug-likeness (QED) is 0.804. The molecule has 7 nitrogen and oxygen atoms in total. The van der Waals surface area contributed by atoms with E-state index in [9.17, 15) is 9.59 Å². The van der Waals surface area contributed by atoms with Crippen LogP contribution in [0.3, 0.4) is 0 Å². The number of rotatable bonds is 5. The SMILES string of the molecule is CCOc1ccccc1NC(=O)N1CCC2(CC1)SCC(=O)N2Cc1ccco1. The summed E-state index contributed by atoms with van der Waals surface area (Å²) in [6, 6.07) is 11.0. The minimum absolute atomic E-state index is 0.134. The van der Waals surface area contributed by atoms with E-state index in [-0.39, 0.29) is 16.8 Å². The third-order valence-electron chi connectivity index (χ3n) is 5.41. The minimum Gasteiger partial charge on any atom is -0.492 e. The lowest BCUT2D eigenvalue weighted by molar-refractivity contribution is -0.132. The number of amides is 3. The monoisotopic (exact) mass is 415 g/mol. The lowest BCUT2D eigenvalue weighted by atomic mass is 10.0. The van der Waals surface area contributed by atoms with Crippen LogP contribution in [0.2, 0.25) is 0 Å². The number of nitrogens with zero attached hydrogens (tertiary/aromatic N) is 2. The Morgan fingerprint density at radius 1 is 1.24 bits per heavy atom. The van der Waals surface area contributed by atoms with E-state index in [1.807, 2.05) is 53.1 Å². The fourth-order valence-corrected chi connectivity index (χ4v) is 5.23. The first-order chi connectivity index (χ1) is 14.1. The van der Waals surface area contributed by atoms with Gasteiger partial charge in [0, 0.05) is 13.1 Å². The molecule has 154 valence electrons. The predicted octanol–water partition coefficient (Wildman–Crippen LogP) is 3.78. The van der Waals surface area contributed by atoms with Gasteiger partial charge >= 0.3 is 6.03 Å². The van der Waals surface area contributed by atoms with Crippen molar-refractivity contribution in [3.63, 3.8) is 0 Å². The maximum absolute atomic E-state index is 12.8. The van der Waals surface area contributed by atoms with Gasteiger partial charge in [-0.3, -0.25) is 4.79 Å². The highest BCUT2D eigenvalue weighted by Crippen LogP contribution is 2.45. The van der Waals surface area contributed by atoms with Gasteiger partial charge in [-0.1, -0.05) is 12.1 Å². The lowest BCUT2D eigenvalue weighted by Crippen LogP contribution is -2.53. The average molecular weight is 416 g/mol. The van der Waals surface area contributed by atoms with Gasteiger partial charge in [-0.05, 0) is 44.0 Å². The average Bonchev–Trinajstić information content (AvgIpc) is 3.35. The summed E-state index contributed by atoms with van der Waals surface area (Å²) >= 11 is 1.69. The lowest BCUT2D eigenvalue weighted by Gasteiger charge is -2.43. The zero-order chi connectivity index (χ0) is 20.3. The molecule has 1 spiro atoms. The van der Waals surface area contributed by atoms with Crippen molar-refractivity contribution in [3.05, 3.63) is 48.4 Å². The van der Waals surface area contributed by atoms with Gasteiger partial charge < -0.3 is 24.3 Å². The van der Waals surface area contributed by atoms with E-state index < -0.39 is 0 Å². The highest BCUT2D eigenvalue weighted by molar-refractivity contribution is 8.01. The Balaban J connectivity index is 1.40. The van der Waals surface area contributed by atoms with E-state index in [0.717, 1.165) is 18.6 Å². The van der Waals surface area contributed by atoms with E-state index in [1.165, 1.54) is 0 Å². The number of anilines is 1. The van der Waals surface area contributed by atoms with Crippen molar-refractivity contribution in [2.75, 3.05) is 30.8 Å². The Morgan fingerprint density at radius 2 is 2.03 bits per heavy atom. The van der Waals surface area contributed by atoms with Crippen LogP contribution in [0.15, 0.2) is 47.1 Å². The number of benzene rings is 1. The van der Waals surface area contributed by atoms with Crippen molar-refractivity contribution in [3.8, 4) is 5.75 Å². The topological polar surface area (TPSA) is 75.0 Å². The number of thioether (sulfide) groups is 1. The predicted molar refractivity (Wildman–Crippen MR) is 112 cm³/mol. The van der Waals surface area contributed by atoms with Crippen molar-refractivity contribution >= 4 is 29.4 Å². The van der Waals surface area contributed by atoms with E-state index in [2.05, 4.69) is 5.32 Å². The fourth-order valence-electron chi connectivity index (χ4n) is 3.89. The molecule has 1 N–H and O–H groups in total. The second-order valence-corrected chi connectivity index (χ2v) is 8.48. The molecule has 2 aromatic rings. The Labute approximate surface area is 174 Å². The summed E-state index contributed by atoms with van der Waals surface area (Å²) in [7, 11) is 0. The number of ether oxygens (including phenoxy) is 1. The van der Waals surface area contributed by atoms with E-state index in [0.29, 0.717) is 43.4 Å². The Bertz CT molecular complexity index is 863. The molecule has 0 bridgehead atoms. The van der Waals surface area contributed by atoms with Crippen LogP contribution in [0.25, 0.3) is 0 Å². The molecule has 8 heteroatoms. The second kappa shape index (κ2) is 8.41. The zero-order valence-electron chi connectivity index (χ0n) is 16.4. The van der Waals surface area contributed by atoms with Gasteiger partial charge in [0.15, 0.2) is 0 Å². The highest BCUT2D eigenvalue weighted by Gasteiger charge is 2.48. The van der Waals surface area contributed by atoms with Crippen molar-refractivity contribution in [1.82, 2.24) is 9.80 Å². The van der Waals surface area contributed by atoms with Crippen molar-refractivity contribution in [2.45, 2.75) is 31.2 Å². The molecule has 2 aliphatic rings. The Hall–Kier alpha value is -2.61. The van der Waals surface area contributed by atoms with Crippen LogP contribution in [0.1, 0.15) is 25.5 Å². The maximum Gasteiger partial charge on any atom is 0.321 e. The smallest absolute Gasteiger partial charge is 0.321 e. The van der Waals surface area contributed by atoms with Gasteiger partial charge in [0.2, 0.25) is 5.91 Å². The number of carbonyl (C=O) groups is 2. The van der Waals surface area contributed by atoms with Crippen LogP contribution in [0, 0.1) is 0 Å². The summed E-state index contributed by atoms with van der Waals surface area (Å²) in [5.74, 6) is 2.07. The Morgan fingerprint density at radius 3 is 2.76 bits per heavy atom. The first-order valence-corrected chi connectivity index (χ1v) is 10.8. The van der Waals surface area contributed by atoms with E-state index in [1.54, 1.807) is 18.0 Å². The molecule has 4 rings (SSSR count). The van der Waals surface area contributed by atoms with E-state index >= 15 is 0 Å². The first kappa shape index (κ1) is 19.7. The molecule has 0 aliphatic carbocycles. The first-order valence-electron chi connectivity index (χ1n) is 9.86. The van der Waals surface area contributed by atoms with Crippen molar-refractivity contribution in [1.29, 1.82) is 0 Å². The molecule has 3 heterocycles. The third-order valence-corrected chi connectivity index (χ3v) is 6.97. The summed E-state index contributed by atoms with van der Waals surface area (Å²) < 4.78 is 11.0.